The van der Waals surface area contributed by atoms with Crippen LogP contribution < -0.4 is 52.8 Å². The van der Waals surface area contributed by atoms with E-state index in [0.29, 0.717) is 0 Å². The molecule has 0 fully saturated rings. The third-order valence-electron chi connectivity index (χ3n) is 9.03. The predicted octanol–water partition coefficient (Wildman–Crippen LogP) is 0.128. The Balaban J connectivity index is 0.00000323. The van der Waals surface area contributed by atoms with Crippen LogP contribution in [0.15, 0.2) is 96.6 Å². The van der Waals surface area contributed by atoms with Gasteiger partial charge in [0.2, 0.25) is 0 Å². The van der Waals surface area contributed by atoms with E-state index in [2.05, 4.69) is 139 Å². The van der Waals surface area contributed by atoms with Gasteiger partial charge in [0.15, 0.2) is 0 Å². The molecular weight excluding hydrogens is 651 g/mol. The van der Waals surface area contributed by atoms with Gasteiger partial charge >= 0.3 is 265 Å². The molecule has 0 bridgehead atoms. The van der Waals surface area contributed by atoms with Gasteiger partial charge in [0.1, 0.15) is 0 Å². The van der Waals surface area contributed by atoms with Crippen LogP contribution in [0.2, 0.25) is 3.34 Å². The molecule has 3 aromatic rings. The summed E-state index contributed by atoms with van der Waals surface area (Å²) >= 11 is 2.54. The Morgan fingerprint density at radius 3 is 1.14 bits per heavy atom. The first-order valence-corrected chi connectivity index (χ1v) is 19.2. The first-order chi connectivity index (χ1) is 20.0. The van der Waals surface area contributed by atoms with Crippen molar-refractivity contribution in [1.29, 1.82) is 0 Å². The molecular formula is C39H51Cl3SiTi. The fourth-order valence-electron chi connectivity index (χ4n) is 6.52. The van der Waals surface area contributed by atoms with Crippen LogP contribution in [-0.4, -0.2) is 8.07 Å². The first-order valence-electron chi connectivity index (χ1n) is 16.4. The quantitative estimate of drug-likeness (QED) is 0.147. The molecule has 0 saturated heterocycles. The molecule has 1 unspecified atom stereocenters. The molecule has 4 rings (SSSR count). The number of hydrogen-bond donors (Lipinski definition) is 0. The molecule has 5 heteroatoms. The van der Waals surface area contributed by atoms with Crippen molar-refractivity contribution in [1.82, 2.24) is 0 Å². The first kappa shape index (κ1) is 41.0. The minimum Gasteiger partial charge on any atom is -1.00 e. The molecule has 0 amide bonds. The van der Waals surface area contributed by atoms with Crippen LogP contribution in [-0.2, 0) is 39.7 Å². The van der Waals surface area contributed by atoms with Crippen molar-refractivity contribution in [3.63, 3.8) is 0 Å². The number of benzene rings is 3. The smallest absolute Gasteiger partial charge is 1.00 e. The molecule has 1 aliphatic carbocycles. The largest absolute Gasteiger partial charge is 1.00 e. The zero-order chi connectivity index (χ0) is 29.1. The van der Waals surface area contributed by atoms with E-state index in [1.165, 1.54) is 115 Å². The molecule has 236 valence electrons. The minimum absolute atomic E-state index is 0. The molecule has 0 nitrogen and oxygen atoms in total. The Labute approximate surface area is 300 Å². The van der Waals surface area contributed by atoms with E-state index < -0.39 is 8.07 Å². The number of halogens is 3. The van der Waals surface area contributed by atoms with Gasteiger partial charge in [-0.25, -0.2) is 0 Å². The van der Waals surface area contributed by atoms with Gasteiger partial charge in [-0.1, -0.05) is 0 Å². The van der Waals surface area contributed by atoms with Crippen LogP contribution >= 0.6 is 0 Å². The van der Waals surface area contributed by atoms with Crippen molar-refractivity contribution in [2.45, 2.75) is 108 Å². The summed E-state index contributed by atoms with van der Waals surface area (Å²) in [5, 5.41) is 4.58. The van der Waals surface area contributed by atoms with Crippen LogP contribution in [0, 0.1) is 0 Å². The Morgan fingerprint density at radius 2 is 0.818 bits per heavy atom. The standard InChI is InChI=1S/C39H51Si.3ClH.Ti/c1-5-9-13-32-17-24-36(25-18-32)40(39-30-23-35(31-39)16-12-8-4,37-26-19-33(20-27-37)14-10-6-2)38-28-21-34(22-29-38)15-11-7-3;;;;/h17-31H,5-16H2,1-4H3;3*1H;/q;;;;+3/p-3. The number of aryl methyl sites for hydroxylation is 3. The summed E-state index contributed by atoms with van der Waals surface area (Å²) in [7, 11) is -2.52. The summed E-state index contributed by atoms with van der Waals surface area (Å²) in [6, 6.07) is 29.6. The van der Waals surface area contributed by atoms with Crippen LogP contribution in [0.5, 0.6) is 0 Å². The predicted molar refractivity (Wildman–Crippen MR) is 179 cm³/mol. The van der Waals surface area contributed by atoms with Crippen LogP contribution in [0.3, 0.4) is 0 Å². The Kier molecular flexibility index (Phi) is 18.8. The summed E-state index contributed by atoms with van der Waals surface area (Å²) < 4.78 is -0.0448. The maximum atomic E-state index is 2.66. The second-order valence-electron chi connectivity index (χ2n) is 12.2. The van der Waals surface area contributed by atoms with Gasteiger partial charge in [0.25, 0.3) is 0 Å². The maximum Gasteiger partial charge on any atom is -1.00 e. The van der Waals surface area contributed by atoms with Crippen LogP contribution in [0.4, 0.5) is 0 Å². The van der Waals surface area contributed by atoms with Gasteiger partial charge in [-0.15, -0.1) is 0 Å². The van der Waals surface area contributed by atoms with E-state index in [1.54, 1.807) is 0 Å². The van der Waals surface area contributed by atoms with Crippen molar-refractivity contribution < 1.29 is 57.7 Å². The molecule has 3 aromatic carbocycles. The van der Waals surface area contributed by atoms with E-state index in [1.807, 2.05) is 0 Å². The summed E-state index contributed by atoms with van der Waals surface area (Å²) in [5.41, 5.74) is 5.92. The number of rotatable bonds is 16. The second-order valence-corrected chi connectivity index (χ2v) is 18.3. The Morgan fingerprint density at radius 1 is 0.500 bits per heavy atom. The molecule has 0 N–H and O–H groups in total. The fraction of sp³-hybridized carbons (Fsp3) is 0.436. The van der Waals surface area contributed by atoms with Crippen LogP contribution in [0.1, 0.15) is 102 Å². The van der Waals surface area contributed by atoms with Crippen molar-refractivity contribution in [2.24, 2.45) is 0 Å². The summed E-state index contributed by atoms with van der Waals surface area (Å²) in [5.74, 6) is 0. The van der Waals surface area contributed by atoms with Gasteiger partial charge in [-0.2, -0.15) is 0 Å². The number of hydrogen-bond acceptors (Lipinski definition) is 0. The molecule has 0 heterocycles. The molecule has 0 aliphatic heterocycles. The Hall–Kier alpha value is -1.06. The maximum absolute atomic E-state index is 2.66. The third kappa shape index (κ3) is 9.49. The molecule has 0 aromatic heterocycles. The van der Waals surface area contributed by atoms with Crippen molar-refractivity contribution in [2.75, 3.05) is 0 Å². The number of unbranched alkanes of at least 4 members (excludes halogenated alkanes) is 4. The van der Waals surface area contributed by atoms with Crippen molar-refractivity contribution >= 4 is 23.6 Å². The monoisotopic (exact) mass is 700 g/mol. The van der Waals surface area contributed by atoms with E-state index in [-0.39, 0.29) is 40.6 Å². The summed E-state index contributed by atoms with van der Waals surface area (Å²) in [6.07, 6.45) is 22.3. The van der Waals surface area contributed by atoms with Crippen molar-refractivity contribution in [3.8, 4) is 0 Å². The van der Waals surface area contributed by atoms with Gasteiger partial charge < -0.3 is 37.2 Å². The molecule has 0 radical (unpaired) electrons. The average Bonchev–Trinajstić information content (AvgIpc) is 3.40. The van der Waals surface area contributed by atoms with Gasteiger partial charge in [-0.05, 0) is 0 Å². The van der Waals surface area contributed by atoms with Gasteiger partial charge in [-0.3, -0.25) is 0 Å². The normalized spacial score (nSPS) is 15.6. The SMILES string of the molecule is CCCCC1=C[C]([Ti+3])([Si](c2ccc(CCCC)cc2)(c2ccc(CCCC)cc2)c2ccc(CCCC)cc2)C=C1.[Cl-].[Cl-].[Cl-]. The zero-order valence-electron chi connectivity index (χ0n) is 27.3. The minimum atomic E-state index is -2.52. The van der Waals surface area contributed by atoms with E-state index >= 15 is 0 Å². The fourth-order valence-corrected chi connectivity index (χ4v) is 14.1. The second kappa shape index (κ2) is 20.2. The summed E-state index contributed by atoms with van der Waals surface area (Å²) in [6.45, 7) is 9.17. The van der Waals surface area contributed by atoms with E-state index in [4.69, 9.17) is 0 Å². The molecule has 1 atom stereocenters. The van der Waals surface area contributed by atoms with Crippen molar-refractivity contribution in [3.05, 3.63) is 113 Å². The van der Waals surface area contributed by atoms with Gasteiger partial charge in [0.05, 0.1) is 0 Å². The molecule has 1 aliphatic rings. The molecule has 0 saturated carbocycles. The third-order valence-corrected chi connectivity index (χ3v) is 16.4. The van der Waals surface area contributed by atoms with Gasteiger partial charge in [0, 0.05) is 0 Å². The Bertz CT molecular complexity index is 1160. The van der Waals surface area contributed by atoms with Crippen LogP contribution in [0.25, 0.3) is 0 Å². The molecule has 0 spiro atoms. The molecule has 44 heavy (non-hydrogen) atoms. The zero-order valence-corrected chi connectivity index (χ0v) is 32.1. The average molecular weight is 702 g/mol. The van der Waals surface area contributed by atoms with E-state index in [9.17, 15) is 0 Å². The number of allylic oxidation sites excluding steroid dienone is 4. The topological polar surface area (TPSA) is 0 Å². The summed E-state index contributed by atoms with van der Waals surface area (Å²) in [4.78, 5) is 0. The van der Waals surface area contributed by atoms with E-state index in [0.717, 1.165) is 0 Å².